The van der Waals surface area contributed by atoms with Crippen LogP contribution in [0.4, 0.5) is 13.2 Å². The number of halogens is 3. The average Bonchev–Trinajstić information content (AvgIpc) is 2.59. The monoisotopic (exact) mass is 233 g/mol. The first-order valence-electron chi connectivity index (χ1n) is 4.43. The number of rotatable bonds is 3. The summed E-state index contributed by atoms with van der Waals surface area (Å²) in [6.07, 6.45) is -0.707. The molecule has 1 aromatic heterocycles. The predicted octanol–water partition coefficient (Wildman–Crippen LogP) is 1.58. The topological polar surface area (TPSA) is 57.8 Å². The Balaban J connectivity index is 2.67. The van der Waals surface area contributed by atoms with Gasteiger partial charge >= 0.3 is 6.18 Å². The summed E-state index contributed by atoms with van der Waals surface area (Å²) in [7, 11) is 0. The highest BCUT2D eigenvalue weighted by Crippen LogP contribution is 2.30. The molecule has 16 heavy (non-hydrogen) atoms. The minimum atomic E-state index is -4.45. The molecule has 0 spiro atoms. The lowest BCUT2D eigenvalue weighted by Crippen LogP contribution is -2.19. The molecule has 88 valence electrons. The number of alkyl halides is 3. The number of hydrogen-bond donors (Lipinski definition) is 2. The third kappa shape index (κ3) is 3.41. The van der Waals surface area contributed by atoms with E-state index in [4.69, 9.17) is 0 Å². The fraction of sp³-hybridized carbons (Fsp3) is 0.333. The standard InChI is InChI=1S/C9H10F3N3O/c1-6(16)13-4-2-3-7-5-14-15-8(7)9(10,11)12/h2-3,5H,4H2,1H3,(H,13,16)(H,14,15). The fourth-order valence-corrected chi connectivity index (χ4v) is 1.04. The molecule has 0 unspecified atom stereocenters. The minimum absolute atomic E-state index is 0.0575. The van der Waals surface area contributed by atoms with Crippen LogP contribution in [-0.2, 0) is 11.0 Å². The Bertz CT molecular complexity index is 395. The van der Waals surface area contributed by atoms with Gasteiger partial charge in [0.1, 0.15) is 5.69 Å². The van der Waals surface area contributed by atoms with Gasteiger partial charge < -0.3 is 5.32 Å². The van der Waals surface area contributed by atoms with Crippen molar-refractivity contribution < 1.29 is 18.0 Å². The van der Waals surface area contributed by atoms with E-state index < -0.39 is 11.9 Å². The molecule has 0 aromatic carbocycles. The van der Waals surface area contributed by atoms with Crippen LogP contribution in [0.5, 0.6) is 0 Å². The van der Waals surface area contributed by atoms with Crippen molar-refractivity contribution in [3.05, 3.63) is 23.5 Å². The van der Waals surface area contributed by atoms with E-state index in [0.29, 0.717) is 0 Å². The van der Waals surface area contributed by atoms with E-state index in [9.17, 15) is 18.0 Å². The van der Waals surface area contributed by atoms with Crippen molar-refractivity contribution in [3.63, 3.8) is 0 Å². The summed E-state index contributed by atoms with van der Waals surface area (Å²) in [5.41, 5.74) is -0.954. The molecule has 1 heterocycles. The Hall–Kier alpha value is -1.79. The third-order valence-electron chi connectivity index (χ3n) is 1.72. The maximum absolute atomic E-state index is 12.3. The Labute approximate surface area is 89.5 Å². The number of carbonyl (C=O) groups excluding carboxylic acids is 1. The number of amides is 1. The van der Waals surface area contributed by atoms with E-state index in [2.05, 4.69) is 10.4 Å². The van der Waals surface area contributed by atoms with Gasteiger partial charge in [0, 0.05) is 19.0 Å². The van der Waals surface area contributed by atoms with E-state index in [1.807, 2.05) is 5.10 Å². The van der Waals surface area contributed by atoms with Gasteiger partial charge in [-0.05, 0) is 0 Å². The Kier molecular flexibility index (Phi) is 3.70. The summed E-state index contributed by atoms with van der Waals surface area (Å²) in [6.45, 7) is 1.50. The molecule has 0 saturated heterocycles. The van der Waals surface area contributed by atoms with Crippen LogP contribution in [0, 0.1) is 0 Å². The van der Waals surface area contributed by atoms with E-state index >= 15 is 0 Å². The zero-order valence-corrected chi connectivity index (χ0v) is 8.43. The first-order valence-corrected chi connectivity index (χ1v) is 4.43. The van der Waals surface area contributed by atoms with E-state index in [-0.39, 0.29) is 18.0 Å². The van der Waals surface area contributed by atoms with Crippen molar-refractivity contribution >= 4 is 12.0 Å². The molecular weight excluding hydrogens is 223 g/mol. The molecule has 0 radical (unpaired) electrons. The summed E-state index contributed by atoms with van der Waals surface area (Å²) in [5, 5.41) is 7.63. The van der Waals surface area contributed by atoms with E-state index in [0.717, 1.165) is 6.20 Å². The summed E-state index contributed by atoms with van der Waals surface area (Å²) in [4.78, 5) is 10.5. The lowest BCUT2D eigenvalue weighted by atomic mass is 10.2. The number of nitrogens with one attached hydrogen (secondary N) is 2. The van der Waals surface area contributed by atoms with Crippen LogP contribution in [0.15, 0.2) is 12.3 Å². The van der Waals surface area contributed by atoms with E-state index in [1.165, 1.54) is 19.1 Å². The maximum Gasteiger partial charge on any atom is 0.433 e. The molecule has 1 aromatic rings. The van der Waals surface area contributed by atoms with Gasteiger partial charge in [-0.25, -0.2) is 0 Å². The second-order valence-corrected chi connectivity index (χ2v) is 3.04. The van der Waals surface area contributed by atoms with Crippen molar-refractivity contribution in [1.29, 1.82) is 0 Å². The first-order chi connectivity index (χ1) is 7.41. The van der Waals surface area contributed by atoms with Crippen molar-refractivity contribution in [2.24, 2.45) is 0 Å². The molecule has 1 rings (SSSR count). The molecule has 0 saturated carbocycles. The highest BCUT2D eigenvalue weighted by atomic mass is 19.4. The Morgan fingerprint density at radius 3 is 2.88 bits per heavy atom. The molecular formula is C9H10F3N3O. The molecule has 1 amide bonds. The summed E-state index contributed by atoms with van der Waals surface area (Å²) in [6, 6.07) is 0. The number of carbonyl (C=O) groups is 1. The zero-order valence-electron chi connectivity index (χ0n) is 8.43. The molecule has 0 aliphatic carbocycles. The second kappa shape index (κ2) is 4.82. The Morgan fingerprint density at radius 2 is 2.31 bits per heavy atom. The van der Waals surface area contributed by atoms with Crippen LogP contribution in [-0.4, -0.2) is 22.6 Å². The van der Waals surface area contributed by atoms with Crippen LogP contribution >= 0.6 is 0 Å². The van der Waals surface area contributed by atoms with Gasteiger partial charge in [0.2, 0.25) is 5.91 Å². The van der Waals surface area contributed by atoms with Crippen LogP contribution < -0.4 is 5.32 Å². The summed E-state index contributed by atoms with van der Waals surface area (Å²) >= 11 is 0. The molecule has 0 aliphatic heterocycles. The number of nitrogens with zero attached hydrogens (tertiary/aromatic N) is 1. The predicted molar refractivity (Wildman–Crippen MR) is 51.3 cm³/mol. The highest BCUT2D eigenvalue weighted by Gasteiger charge is 2.34. The van der Waals surface area contributed by atoms with E-state index in [1.54, 1.807) is 0 Å². The largest absolute Gasteiger partial charge is 0.433 e. The zero-order chi connectivity index (χ0) is 12.2. The quantitative estimate of drug-likeness (QED) is 0.832. The van der Waals surface area contributed by atoms with Crippen molar-refractivity contribution in [3.8, 4) is 0 Å². The van der Waals surface area contributed by atoms with Crippen molar-refractivity contribution in [2.75, 3.05) is 6.54 Å². The molecule has 0 fully saturated rings. The summed E-state index contributed by atoms with van der Waals surface area (Å²) < 4.78 is 37.0. The minimum Gasteiger partial charge on any atom is -0.353 e. The van der Waals surface area contributed by atoms with Crippen LogP contribution in [0.2, 0.25) is 0 Å². The number of aromatic nitrogens is 2. The molecule has 0 atom stereocenters. The normalized spacial score (nSPS) is 12.0. The van der Waals surface area contributed by atoms with Crippen molar-refractivity contribution in [1.82, 2.24) is 15.5 Å². The lowest BCUT2D eigenvalue weighted by Gasteiger charge is -2.03. The average molecular weight is 233 g/mol. The highest BCUT2D eigenvalue weighted by molar-refractivity contribution is 5.73. The molecule has 0 bridgehead atoms. The third-order valence-corrected chi connectivity index (χ3v) is 1.72. The molecule has 7 heteroatoms. The molecule has 2 N–H and O–H groups in total. The second-order valence-electron chi connectivity index (χ2n) is 3.04. The van der Waals surface area contributed by atoms with Gasteiger partial charge in [-0.2, -0.15) is 18.3 Å². The lowest BCUT2D eigenvalue weighted by molar-refractivity contribution is -0.141. The number of H-pyrrole nitrogens is 1. The van der Waals surface area contributed by atoms with Gasteiger partial charge in [-0.15, -0.1) is 0 Å². The van der Waals surface area contributed by atoms with Gasteiger partial charge in [0.25, 0.3) is 0 Å². The molecule has 4 nitrogen and oxygen atoms in total. The number of hydrogen-bond acceptors (Lipinski definition) is 2. The smallest absolute Gasteiger partial charge is 0.353 e. The Morgan fingerprint density at radius 1 is 1.62 bits per heavy atom. The van der Waals surface area contributed by atoms with Gasteiger partial charge in [-0.3, -0.25) is 9.89 Å². The van der Waals surface area contributed by atoms with Crippen LogP contribution in [0.1, 0.15) is 18.2 Å². The van der Waals surface area contributed by atoms with Gasteiger partial charge in [0.15, 0.2) is 0 Å². The van der Waals surface area contributed by atoms with Gasteiger partial charge in [0.05, 0.1) is 6.20 Å². The molecule has 0 aliphatic rings. The number of aromatic amines is 1. The fourth-order valence-electron chi connectivity index (χ4n) is 1.04. The van der Waals surface area contributed by atoms with Gasteiger partial charge in [-0.1, -0.05) is 12.2 Å². The SMILES string of the molecule is CC(=O)NCC=Cc1cn[nH]c1C(F)(F)F. The van der Waals surface area contributed by atoms with Crippen LogP contribution in [0.3, 0.4) is 0 Å². The first kappa shape index (κ1) is 12.3. The summed E-state index contributed by atoms with van der Waals surface area (Å²) in [5.74, 6) is -0.243. The van der Waals surface area contributed by atoms with Crippen molar-refractivity contribution in [2.45, 2.75) is 13.1 Å². The van der Waals surface area contributed by atoms with Crippen LogP contribution in [0.25, 0.3) is 6.08 Å². The maximum atomic E-state index is 12.3.